The van der Waals surface area contributed by atoms with Crippen molar-refractivity contribution in [2.75, 3.05) is 0 Å². The zero-order valence-electron chi connectivity index (χ0n) is 7.36. The molecule has 0 atom stereocenters. The first-order valence-corrected chi connectivity index (χ1v) is 7.22. The third-order valence-electron chi connectivity index (χ3n) is 2.20. The van der Waals surface area contributed by atoms with E-state index in [0.29, 0.717) is 0 Å². The lowest BCUT2D eigenvalue weighted by molar-refractivity contribution is 0.595. The van der Waals surface area contributed by atoms with E-state index in [1.165, 1.54) is 0 Å². The molecule has 0 saturated carbocycles. The number of nitrogens with one attached hydrogen (secondary N) is 1. The molecule has 2 nitrogen and oxygen atoms in total. The second-order valence-electron chi connectivity index (χ2n) is 4.08. The molecule has 0 aromatic carbocycles. The van der Waals surface area contributed by atoms with Crippen molar-refractivity contribution in [2.45, 2.75) is 38.9 Å². The topological polar surface area (TPSA) is 29.1 Å². The maximum atomic E-state index is 10.3. The lowest BCUT2D eigenvalue weighted by Crippen LogP contribution is -2.47. The fourth-order valence-electron chi connectivity index (χ4n) is 0.282. The summed E-state index contributed by atoms with van der Waals surface area (Å²) in [5.41, 5.74) is 0. The minimum absolute atomic E-state index is 0.0708. The first-order valence-electron chi connectivity index (χ1n) is 3.41. The summed E-state index contributed by atoms with van der Waals surface area (Å²) in [6.45, 7) is 10.9. The van der Waals surface area contributed by atoms with Gasteiger partial charge in [0.15, 0.2) is 0 Å². The Kier molecular flexibility index (Phi) is 3.20. The number of hydrogen-bond donors (Lipinski definition) is 1. The normalized spacial score (nSPS) is 14.1. The quantitative estimate of drug-likeness (QED) is 0.519. The predicted molar refractivity (Wildman–Crippen MR) is 47.9 cm³/mol. The van der Waals surface area contributed by atoms with Crippen molar-refractivity contribution in [3.8, 4) is 0 Å². The van der Waals surface area contributed by atoms with Gasteiger partial charge >= 0.3 is 0 Å². The van der Waals surface area contributed by atoms with Crippen LogP contribution in [0.15, 0.2) is 0 Å². The van der Waals surface area contributed by atoms with Crippen LogP contribution in [0, 0.1) is 0 Å². The highest BCUT2D eigenvalue weighted by molar-refractivity contribution is 7.26. The van der Waals surface area contributed by atoms with Crippen LogP contribution in [-0.4, -0.2) is 8.24 Å². The molecule has 0 aromatic rings. The molecule has 0 saturated heterocycles. The maximum Gasteiger partial charge on any atom is 0.238 e. The molecule has 0 bridgehead atoms. The van der Waals surface area contributed by atoms with Gasteiger partial charge in [-0.15, -0.1) is 0 Å². The summed E-state index contributed by atoms with van der Waals surface area (Å²) < 4.78 is 13.3. The Morgan fingerprint density at radius 3 is 1.80 bits per heavy atom. The van der Waals surface area contributed by atoms with Crippen LogP contribution in [-0.2, 0) is 4.57 Å². The molecule has 0 radical (unpaired) electrons. The van der Waals surface area contributed by atoms with Crippen molar-refractivity contribution >= 4 is 16.8 Å². The van der Waals surface area contributed by atoms with Crippen molar-refractivity contribution in [1.82, 2.24) is 4.75 Å². The van der Waals surface area contributed by atoms with E-state index >= 15 is 0 Å². The van der Waals surface area contributed by atoms with Gasteiger partial charge in [0.05, 0.1) is 0 Å². The van der Waals surface area contributed by atoms with Gasteiger partial charge < -0.3 is 0 Å². The first kappa shape index (κ1) is 10.3. The Morgan fingerprint density at radius 2 is 1.70 bits per heavy atom. The molecule has 10 heavy (non-hydrogen) atoms. The lowest BCUT2D eigenvalue weighted by Gasteiger charge is -2.34. The average molecular weight is 177 g/mol. The maximum absolute atomic E-state index is 10.3. The van der Waals surface area contributed by atoms with Crippen molar-refractivity contribution in [3.05, 3.63) is 0 Å². The number of rotatable bonds is 2. The van der Waals surface area contributed by atoms with Crippen LogP contribution < -0.4 is 4.75 Å². The van der Waals surface area contributed by atoms with Gasteiger partial charge in [0.1, 0.15) is 8.24 Å². The summed E-state index contributed by atoms with van der Waals surface area (Å²) in [5.74, 6) is 0. The minimum Gasteiger partial charge on any atom is -0.258 e. The summed E-state index contributed by atoms with van der Waals surface area (Å²) >= 11 is 0. The molecular formula is C6H16NOPSi. The van der Waals surface area contributed by atoms with E-state index in [1.54, 1.807) is 0 Å². The molecule has 0 aromatic heterocycles. The fourth-order valence-corrected chi connectivity index (χ4v) is 2.54. The summed E-state index contributed by atoms with van der Waals surface area (Å²) in [6, 6.07) is 0. The lowest BCUT2D eigenvalue weighted by atomic mass is 10.2. The van der Waals surface area contributed by atoms with Gasteiger partial charge in [-0.25, -0.2) is 0 Å². The van der Waals surface area contributed by atoms with Crippen LogP contribution in [0.2, 0.25) is 18.1 Å². The van der Waals surface area contributed by atoms with E-state index in [2.05, 4.69) is 38.6 Å². The molecule has 0 amide bonds. The van der Waals surface area contributed by atoms with Crippen LogP contribution in [0.1, 0.15) is 20.8 Å². The zero-order chi connectivity index (χ0) is 8.41. The molecule has 0 aliphatic carbocycles. The zero-order valence-corrected chi connectivity index (χ0v) is 9.25. The fraction of sp³-hybridized carbons (Fsp3) is 1.00. The second-order valence-corrected chi connectivity index (χ2v) is 9.91. The summed E-state index contributed by atoms with van der Waals surface area (Å²) in [7, 11) is -1.41. The van der Waals surface area contributed by atoms with Gasteiger partial charge in [-0.05, 0) is 5.04 Å². The highest BCUT2D eigenvalue weighted by Gasteiger charge is 2.35. The van der Waals surface area contributed by atoms with E-state index in [4.69, 9.17) is 0 Å². The Morgan fingerprint density at radius 1 is 1.30 bits per heavy atom. The third-order valence-corrected chi connectivity index (χ3v) is 8.55. The van der Waals surface area contributed by atoms with Gasteiger partial charge in [-0.3, -0.25) is 9.32 Å². The molecule has 0 spiro atoms. The molecule has 0 aliphatic heterocycles. The molecule has 0 fully saturated rings. The molecular weight excluding hydrogens is 161 g/mol. The van der Waals surface area contributed by atoms with Gasteiger partial charge in [0.2, 0.25) is 8.61 Å². The average Bonchev–Trinajstić information content (AvgIpc) is 1.61. The molecule has 0 heterocycles. The Labute approximate surface area is 65.8 Å². The standard InChI is InChI=1S/C6H16NOPSi/c1-6(2,3)10(4,5)7-9-8/h1-5H3,(H,7,8). The Bertz CT molecular complexity index is 130. The van der Waals surface area contributed by atoms with Crippen molar-refractivity contribution in [2.24, 2.45) is 0 Å². The van der Waals surface area contributed by atoms with Crippen LogP contribution in [0.4, 0.5) is 0 Å². The van der Waals surface area contributed by atoms with E-state index < -0.39 is 8.24 Å². The second kappa shape index (κ2) is 3.12. The summed E-state index contributed by atoms with van der Waals surface area (Å²) in [6.07, 6.45) is 0. The monoisotopic (exact) mass is 177 g/mol. The number of hydrogen-bond acceptors (Lipinski definition) is 1. The van der Waals surface area contributed by atoms with Crippen molar-refractivity contribution in [3.63, 3.8) is 0 Å². The van der Waals surface area contributed by atoms with Gasteiger partial charge in [-0.1, -0.05) is 33.9 Å². The predicted octanol–water partition coefficient (Wildman–Crippen LogP) is 2.79. The van der Waals surface area contributed by atoms with Gasteiger partial charge in [-0.2, -0.15) is 0 Å². The van der Waals surface area contributed by atoms with Gasteiger partial charge in [0, 0.05) is 0 Å². The van der Waals surface area contributed by atoms with E-state index in [-0.39, 0.29) is 13.6 Å². The molecule has 1 N–H and O–H groups in total. The highest BCUT2D eigenvalue weighted by atomic mass is 31.1. The van der Waals surface area contributed by atoms with Crippen molar-refractivity contribution in [1.29, 1.82) is 0 Å². The molecule has 0 unspecified atom stereocenters. The first-order chi connectivity index (χ1) is 4.31. The van der Waals surface area contributed by atoms with E-state index in [1.807, 2.05) is 0 Å². The van der Waals surface area contributed by atoms with Gasteiger partial charge in [0.25, 0.3) is 0 Å². The summed E-state index contributed by atoms with van der Waals surface area (Å²) in [4.78, 5) is 0. The van der Waals surface area contributed by atoms with Crippen LogP contribution >= 0.6 is 8.61 Å². The van der Waals surface area contributed by atoms with Crippen LogP contribution in [0.25, 0.3) is 0 Å². The SMILES string of the molecule is CC(C)(C)[Si](C)(C)NP=O. The Hall–Kier alpha value is 0.277. The smallest absolute Gasteiger partial charge is 0.238 e. The van der Waals surface area contributed by atoms with E-state index in [9.17, 15) is 4.57 Å². The van der Waals surface area contributed by atoms with E-state index in [0.717, 1.165) is 0 Å². The summed E-state index contributed by atoms with van der Waals surface area (Å²) in [5, 5.41) is 0.268. The van der Waals surface area contributed by atoms with Crippen LogP contribution in [0.5, 0.6) is 0 Å². The molecule has 0 rings (SSSR count). The largest absolute Gasteiger partial charge is 0.258 e. The Balaban J connectivity index is 4.23. The molecule has 60 valence electrons. The highest BCUT2D eigenvalue weighted by Crippen LogP contribution is 2.34. The third kappa shape index (κ3) is 2.49. The molecule has 4 heteroatoms. The van der Waals surface area contributed by atoms with Crippen LogP contribution in [0.3, 0.4) is 0 Å². The minimum atomic E-state index is -1.48. The van der Waals surface area contributed by atoms with Crippen molar-refractivity contribution < 1.29 is 4.57 Å². The molecule has 0 aliphatic rings.